The van der Waals surface area contributed by atoms with Crippen molar-refractivity contribution in [2.24, 2.45) is 16.4 Å². The van der Waals surface area contributed by atoms with Crippen molar-refractivity contribution < 1.29 is 14.4 Å². The predicted octanol–water partition coefficient (Wildman–Crippen LogP) is 1.62. The Kier molecular flexibility index (Phi) is 9.50. The summed E-state index contributed by atoms with van der Waals surface area (Å²) in [5, 5.41) is 7.36. The van der Waals surface area contributed by atoms with E-state index < -0.39 is 23.1 Å². The van der Waals surface area contributed by atoms with E-state index in [0.29, 0.717) is 11.6 Å². The second kappa shape index (κ2) is 10.0. The summed E-state index contributed by atoms with van der Waals surface area (Å²) in [6.07, 6.45) is 0.402. The minimum absolute atomic E-state index is 0. The first kappa shape index (κ1) is 23.7. The number of carbonyl (C=O) groups excluding carboxylic acids is 3. The number of halogens is 1. The van der Waals surface area contributed by atoms with E-state index in [0.717, 1.165) is 12.3 Å². The van der Waals surface area contributed by atoms with Crippen LogP contribution in [-0.4, -0.2) is 53.1 Å². The van der Waals surface area contributed by atoms with E-state index in [1.807, 2.05) is 25.8 Å². The minimum Gasteiger partial charge on any atom is -0.352 e. The predicted molar refractivity (Wildman–Crippen MR) is 104 cm³/mol. The molecule has 0 bridgehead atoms. The zero-order valence-corrected chi connectivity index (χ0v) is 17.3. The highest BCUT2D eigenvalue weighted by Gasteiger charge is 2.31. The number of hydrogen-bond acceptors (Lipinski definition) is 5. The van der Waals surface area contributed by atoms with E-state index in [-0.39, 0.29) is 24.2 Å². The lowest BCUT2D eigenvalue weighted by Gasteiger charge is -2.24. The normalized spacial score (nSPS) is 17.2. The summed E-state index contributed by atoms with van der Waals surface area (Å²) in [4.78, 5) is 38.6. The highest BCUT2D eigenvalue weighted by Crippen LogP contribution is 2.16. The standard InChI is InChI=1S/C16H28N4O3S.ClH/c1-10(2)9-11(17-14(23)16(3,4)5)12(21)13(22)18-19-15-20(6)7-8-24-15;/h10-11H,7-9H2,1-6H3,(H,17,23)(H,18,22);1H/t11-;/m0./s1. The number of carbonyl (C=O) groups is 3. The van der Waals surface area contributed by atoms with Crippen molar-refractivity contribution in [3.05, 3.63) is 0 Å². The first-order chi connectivity index (χ1) is 11.0. The van der Waals surface area contributed by atoms with E-state index in [2.05, 4.69) is 15.8 Å². The molecular weight excluding hydrogens is 364 g/mol. The van der Waals surface area contributed by atoms with Gasteiger partial charge < -0.3 is 10.2 Å². The van der Waals surface area contributed by atoms with Gasteiger partial charge in [-0.05, 0) is 12.3 Å². The maximum atomic E-state index is 12.4. The van der Waals surface area contributed by atoms with Gasteiger partial charge in [-0.1, -0.05) is 46.4 Å². The molecule has 0 spiro atoms. The van der Waals surface area contributed by atoms with Crippen LogP contribution >= 0.6 is 24.2 Å². The maximum Gasteiger partial charge on any atom is 0.309 e. The van der Waals surface area contributed by atoms with Crippen molar-refractivity contribution >= 4 is 46.9 Å². The summed E-state index contributed by atoms with van der Waals surface area (Å²) in [7, 11) is 1.87. The van der Waals surface area contributed by atoms with Gasteiger partial charge in [0, 0.05) is 24.8 Å². The minimum atomic E-state index is -0.842. The van der Waals surface area contributed by atoms with Crippen LogP contribution in [0.3, 0.4) is 0 Å². The summed E-state index contributed by atoms with van der Waals surface area (Å²) < 4.78 is 0. The molecule has 0 unspecified atom stereocenters. The molecule has 0 aromatic rings. The van der Waals surface area contributed by atoms with Gasteiger partial charge in [0.25, 0.3) is 0 Å². The molecule has 144 valence electrons. The number of amidine groups is 1. The number of thioether (sulfide) groups is 1. The molecule has 1 aliphatic rings. The fraction of sp³-hybridized carbons (Fsp3) is 0.750. The van der Waals surface area contributed by atoms with Crippen molar-refractivity contribution in [1.82, 2.24) is 15.6 Å². The Morgan fingerprint density at radius 2 is 1.88 bits per heavy atom. The lowest BCUT2D eigenvalue weighted by Crippen LogP contribution is -2.50. The molecule has 1 heterocycles. The van der Waals surface area contributed by atoms with E-state index in [1.165, 1.54) is 11.8 Å². The fourth-order valence-electron chi connectivity index (χ4n) is 1.99. The largest absolute Gasteiger partial charge is 0.352 e. The average Bonchev–Trinajstić information content (AvgIpc) is 2.87. The second-order valence-corrected chi connectivity index (χ2v) is 8.44. The van der Waals surface area contributed by atoms with Crippen LogP contribution in [-0.2, 0) is 14.4 Å². The van der Waals surface area contributed by atoms with E-state index in [9.17, 15) is 14.4 Å². The lowest BCUT2D eigenvalue weighted by molar-refractivity contribution is -0.141. The first-order valence-electron chi connectivity index (χ1n) is 8.09. The lowest BCUT2D eigenvalue weighted by atomic mass is 9.93. The third-order valence-corrected chi connectivity index (χ3v) is 4.52. The van der Waals surface area contributed by atoms with Gasteiger partial charge in [0.15, 0.2) is 5.17 Å². The second-order valence-electron chi connectivity index (χ2n) is 7.38. The van der Waals surface area contributed by atoms with Crippen LogP contribution in [0.15, 0.2) is 5.10 Å². The third-order valence-electron chi connectivity index (χ3n) is 3.47. The van der Waals surface area contributed by atoms with Crippen molar-refractivity contribution in [1.29, 1.82) is 0 Å². The number of ketones is 1. The van der Waals surface area contributed by atoms with Crippen molar-refractivity contribution in [2.45, 2.75) is 47.1 Å². The number of Topliss-reactive ketones (excluding diaryl/α,β-unsaturated/α-hetero) is 1. The Hall–Kier alpha value is -1.28. The van der Waals surface area contributed by atoms with Gasteiger partial charge in [-0.2, -0.15) is 0 Å². The Bertz CT molecular complexity index is 532. The molecule has 1 saturated heterocycles. The number of rotatable bonds is 6. The Morgan fingerprint density at radius 1 is 1.28 bits per heavy atom. The van der Waals surface area contributed by atoms with E-state index in [4.69, 9.17) is 0 Å². The Labute approximate surface area is 160 Å². The molecule has 0 aromatic heterocycles. The van der Waals surface area contributed by atoms with Crippen LogP contribution in [0.1, 0.15) is 41.0 Å². The quantitative estimate of drug-likeness (QED) is 0.529. The van der Waals surface area contributed by atoms with E-state index in [1.54, 1.807) is 20.8 Å². The molecule has 1 atom stereocenters. The summed E-state index contributed by atoms with van der Waals surface area (Å²) in [5.41, 5.74) is 1.68. The monoisotopic (exact) mass is 392 g/mol. The zero-order chi connectivity index (χ0) is 18.5. The Morgan fingerprint density at radius 3 is 2.32 bits per heavy atom. The summed E-state index contributed by atoms with van der Waals surface area (Å²) in [5.74, 6) is -0.669. The van der Waals surface area contributed by atoms with Gasteiger partial charge in [-0.15, -0.1) is 17.5 Å². The van der Waals surface area contributed by atoms with Crippen molar-refractivity contribution in [3.63, 3.8) is 0 Å². The van der Waals surface area contributed by atoms with Crippen LogP contribution in [0.2, 0.25) is 0 Å². The first-order valence-corrected chi connectivity index (χ1v) is 9.07. The van der Waals surface area contributed by atoms with Crippen LogP contribution in [0.5, 0.6) is 0 Å². The number of nitrogens with zero attached hydrogens (tertiary/aromatic N) is 2. The summed E-state index contributed by atoms with van der Waals surface area (Å²) in [6.45, 7) is 10.0. The molecule has 0 saturated carbocycles. The molecule has 1 rings (SSSR count). The van der Waals surface area contributed by atoms with Crippen LogP contribution in [0, 0.1) is 11.3 Å². The van der Waals surface area contributed by atoms with Gasteiger partial charge in [-0.3, -0.25) is 14.4 Å². The van der Waals surface area contributed by atoms with Crippen molar-refractivity contribution in [3.8, 4) is 0 Å². The van der Waals surface area contributed by atoms with E-state index >= 15 is 0 Å². The highest BCUT2D eigenvalue weighted by atomic mass is 35.5. The number of hydrogen-bond donors (Lipinski definition) is 2. The summed E-state index contributed by atoms with van der Waals surface area (Å²) >= 11 is 1.52. The molecule has 25 heavy (non-hydrogen) atoms. The molecule has 2 N–H and O–H groups in total. The molecule has 0 radical (unpaired) electrons. The number of amides is 2. The number of hydrazone groups is 1. The van der Waals surface area contributed by atoms with Crippen LogP contribution in [0.25, 0.3) is 0 Å². The van der Waals surface area contributed by atoms with Gasteiger partial charge in [0.1, 0.15) is 0 Å². The fourth-order valence-corrected chi connectivity index (χ4v) is 2.96. The van der Waals surface area contributed by atoms with Crippen molar-refractivity contribution in [2.75, 3.05) is 19.3 Å². The third kappa shape index (κ3) is 7.64. The van der Waals surface area contributed by atoms with Gasteiger partial charge in [-0.25, -0.2) is 5.43 Å². The van der Waals surface area contributed by atoms with Gasteiger partial charge in [0.2, 0.25) is 11.7 Å². The zero-order valence-electron chi connectivity index (χ0n) is 15.7. The summed E-state index contributed by atoms with van der Waals surface area (Å²) in [6, 6.07) is -0.842. The molecule has 0 aliphatic carbocycles. The molecule has 1 aliphatic heterocycles. The molecule has 0 aromatic carbocycles. The molecule has 1 fully saturated rings. The van der Waals surface area contributed by atoms with Gasteiger partial charge >= 0.3 is 5.91 Å². The SMILES string of the molecule is CC(C)C[C@H](NC(=O)C(C)(C)C)C(=O)C(=O)NN=C1SCCN1C.Cl. The number of nitrogens with one attached hydrogen (secondary N) is 2. The molecule has 2 amide bonds. The van der Waals surface area contributed by atoms with Crippen LogP contribution < -0.4 is 10.7 Å². The smallest absolute Gasteiger partial charge is 0.309 e. The van der Waals surface area contributed by atoms with Crippen LogP contribution in [0.4, 0.5) is 0 Å². The van der Waals surface area contributed by atoms with Gasteiger partial charge in [0.05, 0.1) is 6.04 Å². The topological polar surface area (TPSA) is 90.9 Å². The Balaban J connectivity index is 0.00000576. The molecular formula is C16H29ClN4O3S. The average molecular weight is 393 g/mol. The highest BCUT2D eigenvalue weighted by molar-refractivity contribution is 8.14. The maximum absolute atomic E-state index is 12.4. The molecule has 7 nitrogen and oxygen atoms in total. The molecule has 9 heteroatoms.